The maximum absolute atomic E-state index is 11.8. The van der Waals surface area contributed by atoms with Gasteiger partial charge in [0.2, 0.25) is 5.91 Å². The van der Waals surface area contributed by atoms with Crippen molar-refractivity contribution < 1.29 is 22.8 Å². The first-order chi connectivity index (χ1) is 7.97. The number of nitrogens with one attached hydrogen (secondary N) is 1. The largest absolute Gasteiger partial charge is 0.414 e. The van der Waals surface area contributed by atoms with Crippen LogP contribution in [0.3, 0.4) is 0 Å². The number of carbonyl (C=O) groups is 1. The van der Waals surface area contributed by atoms with E-state index in [1.807, 2.05) is 5.48 Å². The second-order valence-electron chi connectivity index (χ2n) is 5.38. The number of hydrogen-bond acceptors (Lipinski definition) is 2. The van der Waals surface area contributed by atoms with Crippen molar-refractivity contribution in [3.63, 3.8) is 0 Å². The highest BCUT2D eigenvalue weighted by atomic mass is 19.4. The number of alkyl halides is 3. The van der Waals surface area contributed by atoms with E-state index in [4.69, 9.17) is 0 Å². The van der Waals surface area contributed by atoms with E-state index in [9.17, 15) is 18.0 Å². The minimum Gasteiger partial charge on any atom is -0.272 e. The van der Waals surface area contributed by atoms with Gasteiger partial charge in [-0.25, -0.2) is 5.48 Å². The molecule has 6 heteroatoms. The predicted molar refractivity (Wildman–Crippen MR) is 51.5 cm³/mol. The fourth-order valence-corrected chi connectivity index (χ4v) is 3.93. The lowest BCUT2D eigenvalue weighted by atomic mass is 10.0. The predicted octanol–water partition coefficient (Wildman–Crippen LogP) is 1.89. The Hall–Kier alpha value is -0.780. The van der Waals surface area contributed by atoms with Gasteiger partial charge in [0, 0.05) is 5.92 Å². The van der Waals surface area contributed by atoms with Gasteiger partial charge in [-0.2, -0.15) is 13.2 Å². The van der Waals surface area contributed by atoms with Gasteiger partial charge in [0.25, 0.3) is 0 Å². The lowest BCUT2D eigenvalue weighted by molar-refractivity contribution is -0.192. The highest BCUT2D eigenvalue weighted by molar-refractivity contribution is 5.81. The summed E-state index contributed by atoms with van der Waals surface area (Å²) in [5, 5.41) is 0. The number of amides is 1. The van der Waals surface area contributed by atoms with Gasteiger partial charge in [0.1, 0.15) is 0 Å². The number of hydroxylamine groups is 1. The Kier molecular flexibility index (Phi) is 2.40. The first-order valence-corrected chi connectivity index (χ1v) is 5.96. The van der Waals surface area contributed by atoms with Crippen LogP contribution in [0.1, 0.15) is 19.3 Å². The molecule has 0 aliphatic heterocycles. The van der Waals surface area contributed by atoms with Crippen LogP contribution in [0.5, 0.6) is 0 Å². The summed E-state index contributed by atoms with van der Waals surface area (Å²) >= 11 is 0. The smallest absolute Gasteiger partial charge is 0.272 e. The maximum atomic E-state index is 11.8. The molecule has 17 heavy (non-hydrogen) atoms. The third kappa shape index (κ3) is 1.92. The van der Waals surface area contributed by atoms with Crippen LogP contribution in [0.2, 0.25) is 0 Å². The Labute approximate surface area is 96.6 Å². The number of carbonyl (C=O) groups excluding carboxylic acids is 1. The fraction of sp³-hybridized carbons (Fsp3) is 0.909. The normalized spacial score (nSPS) is 42.4. The Morgan fingerprint density at radius 3 is 2.35 bits per heavy atom. The van der Waals surface area contributed by atoms with E-state index in [1.54, 1.807) is 0 Å². The van der Waals surface area contributed by atoms with Crippen LogP contribution in [-0.2, 0) is 9.63 Å². The van der Waals surface area contributed by atoms with Crippen LogP contribution in [0, 0.1) is 29.6 Å². The molecule has 3 aliphatic carbocycles. The standard InChI is InChI=1S/C11H14F3NO2/c12-11(13,14)4-17-15-10(16)9-7-5-1-2-6(3-5)8(7)9/h5-9H,1-4H2,(H,15,16). The van der Waals surface area contributed by atoms with E-state index < -0.39 is 12.8 Å². The molecule has 0 spiro atoms. The molecule has 0 aromatic heterocycles. The van der Waals surface area contributed by atoms with Gasteiger partial charge in [-0.15, -0.1) is 0 Å². The van der Waals surface area contributed by atoms with Crippen molar-refractivity contribution in [2.45, 2.75) is 25.4 Å². The van der Waals surface area contributed by atoms with Gasteiger partial charge in [0.15, 0.2) is 6.61 Å². The SMILES string of the molecule is O=C(NOCC(F)(F)F)C1C2C3CCC(C3)C12. The third-order valence-electron chi connectivity index (χ3n) is 4.45. The topological polar surface area (TPSA) is 38.3 Å². The summed E-state index contributed by atoms with van der Waals surface area (Å²) in [6.45, 7) is -1.42. The number of rotatable bonds is 3. The molecular weight excluding hydrogens is 235 g/mol. The molecule has 2 bridgehead atoms. The Morgan fingerprint density at radius 2 is 1.82 bits per heavy atom. The van der Waals surface area contributed by atoms with Gasteiger partial charge >= 0.3 is 6.18 Å². The maximum Gasteiger partial charge on any atom is 0.414 e. The molecule has 0 heterocycles. The van der Waals surface area contributed by atoms with Crippen molar-refractivity contribution in [3.05, 3.63) is 0 Å². The molecule has 96 valence electrons. The van der Waals surface area contributed by atoms with Crippen LogP contribution in [-0.4, -0.2) is 18.7 Å². The molecule has 0 aromatic rings. The second-order valence-corrected chi connectivity index (χ2v) is 5.38. The van der Waals surface area contributed by atoms with E-state index in [2.05, 4.69) is 4.84 Å². The third-order valence-corrected chi connectivity index (χ3v) is 4.45. The molecule has 4 unspecified atom stereocenters. The van der Waals surface area contributed by atoms with Gasteiger partial charge in [0.05, 0.1) is 0 Å². The Morgan fingerprint density at radius 1 is 1.24 bits per heavy atom. The zero-order chi connectivity index (χ0) is 12.2. The number of hydrogen-bond donors (Lipinski definition) is 1. The molecule has 3 rings (SSSR count). The lowest BCUT2D eigenvalue weighted by Crippen LogP contribution is -2.32. The van der Waals surface area contributed by atoms with Gasteiger partial charge in [-0.3, -0.25) is 9.63 Å². The summed E-state index contributed by atoms with van der Waals surface area (Å²) < 4.78 is 35.4. The van der Waals surface area contributed by atoms with E-state index in [-0.39, 0.29) is 11.8 Å². The zero-order valence-electron chi connectivity index (χ0n) is 9.17. The second kappa shape index (κ2) is 3.60. The molecule has 1 N–H and O–H groups in total. The number of halogens is 3. The summed E-state index contributed by atoms with van der Waals surface area (Å²) in [6, 6.07) is 0. The van der Waals surface area contributed by atoms with Crippen LogP contribution >= 0.6 is 0 Å². The molecule has 4 atom stereocenters. The summed E-state index contributed by atoms with van der Waals surface area (Å²) in [5.41, 5.74) is 1.94. The highest BCUT2D eigenvalue weighted by Crippen LogP contribution is 2.69. The monoisotopic (exact) mass is 249 g/mol. The zero-order valence-corrected chi connectivity index (χ0v) is 9.17. The van der Waals surface area contributed by atoms with E-state index >= 15 is 0 Å². The van der Waals surface area contributed by atoms with E-state index in [0.29, 0.717) is 23.7 Å². The van der Waals surface area contributed by atoms with Gasteiger partial charge < -0.3 is 0 Å². The number of fused-ring (bicyclic) bond motifs is 5. The molecule has 3 fully saturated rings. The van der Waals surface area contributed by atoms with Crippen LogP contribution in [0.25, 0.3) is 0 Å². The Balaban J connectivity index is 1.46. The molecule has 3 nitrogen and oxygen atoms in total. The van der Waals surface area contributed by atoms with Crippen molar-refractivity contribution in [3.8, 4) is 0 Å². The van der Waals surface area contributed by atoms with Crippen LogP contribution in [0.4, 0.5) is 13.2 Å². The molecule has 3 saturated carbocycles. The molecule has 0 aromatic carbocycles. The van der Waals surface area contributed by atoms with Crippen molar-refractivity contribution in [1.29, 1.82) is 0 Å². The molecule has 1 amide bonds. The summed E-state index contributed by atoms with van der Waals surface area (Å²) in [5.74, 6) is 1.65. The quantitative estimate of drug-likeness (QED) is 0.776. The van der Waals surface area contributed by atoms with Crippen molar-refractivity contribution in [2.24, 2.45) is 29.6 Å². The summed E-state index contributed by atoms with van der Waals surface area (Å²) in [4.78, 5) is 15.8. The van der Waals surface area contributed by atoms with Crippen LogP contribution in [0.15, 0.2) is 0 Å². The minimum atomic E-state index is -4.40. The minimum absolute atomic E-state index is 0.0884. The Bertz CT molecular complexity index is 328. The first-order valence-electron chi connectivity index (χ1n) is 5.96. The van der Waals surface area contributed by atoms with Crippen molar-refractivity contribution in [2.75, 3.05) is 6.61 Å². The van der Waals surface area contributed by atoms with Crippen LogP contribution < -0.4 is 5.48 Å². The first kappa shape index (κ1) is 11.3. The summed E-state index contributed by atoms with van der Waals surface area (Å²) in [6.07, 6.45) is -0.827. The summed E-state index contributed by atoms with van der Waals surface area (Å²) in [7, 11) is 0. The molecular formula is C11H14F3NO2. The van der Waals surface area contributed by atoms with Gasteiger partial charge in [-0.05, 0) is 42.9 Å². The molecule has 3 aliphatic rings. The highest BCUT2D eigenvalue weighted by Gasteiger charge is 2.67. The average molecular weight is 249 g/mol. The van der Waals surface area contributed by atoms with E-state index in [1.165, 1.54) is 19.3 Å². The fourth-order valence-electron chi connectivity index (χ4n) is 3.93. The van der Waals surface area contributed by atoms with Gasteiger partial charge in [-0.1, -0.05) is 0 Å². The van der Waals surface area contributed by atoms with Crippen molar-refractivity contribution in [1.82, 2.24) is 5.48 Å². The van der Waals surface area contributed by atoms with Crippen molar-refractivity contribution >= 4 is 5.91 Å². The molecule has 0 radical (unpaired) electrons. The molecule has 0 saturated heterocycles. The van der Waals surface area contributed by atoms with E-state index in [0.717, 1.165) is 0 Å². The lowest BCUT2D eigenvalue weighted by Gasteiger charge is -2.10. The average Bonchev–Trinajstić information content (AvgIpc) is 2.66.